The van der Waals surface area contributed by atoms with E-state index in [1.54, 1.807) is 5.48 Å². The van der Waals surface area contributed by atoms with Gasteiger partial charge in [-0.15, -0.1) is 0 Å². The molecule has 47 heavy (non-hydrogen) atoms. The summed E-state index contributed by atoms with van der Waals surface area (Å²) in [5.41, 5.74) is 7.62. The second-order valence-electron chi connectivity index (χ2n) is 12.8. The van der Waals surface area contributed by atoms with Gasteiger partial charge in [-0.2, -0.15) is 0 Å². The third kappa shape index (κ3) is 10.7. The number of hydroxylamine groups is 1. The molecule has 3 aromatic carbocycles. The molecule has 2 aliphatic rings. The Labute approximate surface area is 278 Å². The van der Waals surface area contributed by atoms with Gasteiger partial charge in [0.15, 0.2) is 6.29 Å². The number of carbonyl (C=O) groups excluding carboxylic acids is 2. The average Bonchev–Trinajstić information content (AvgIpc) is 3.10. The number of amides is 2. The van der Waals surface area contributed by atoms with Crippen LogP contribution in [0.25, 0.3) is 11.1 Å². The number of nitrogens with zero attached hydrogens (tertiary/aromatic N) is 1. The van der Waals surface area contributed by atoms with Gasteiger partial charge in [-0.25, -0.2) is 5.48 Å². The van der Waals surface area contributed by atoms with Crippen LogP contribution in [0, 0.1) is 0 Å². The monoisotopic (exact) mass is 643 g/mol. The Morgan fingerprint density at radius 3 is 2.17 bits per heavy atom. The van der Waals surface area contributed by atoms with Crippen LogP contribution in [-0.2, 0) is 32.2 Å². The van der Waals surface area contributed by atoms with Gasteiger partial charge in [-0.05, 0) is 78.7 Å². The summed E-state index contributed by atoms with van der Waals surface area (Å²) in [5.74, 6) is -0.511. The van der Waals surface area contributed by atoms with Crippen LogP contribution in [0.2, 0.25) is 0 Å². The molecule has 2 amide bonds. The third-order valence-corrected chi connectivity index (χ3v) is 9.12. The van der Waals surface area contributed by atoms with Crippen molar-refractivity contribution in [3.63, 3.8) is 0 Å². The van der Waals surface area contributed by atoms with E-state index in [-0.39, 0.29) is 31.1 Å². The minimum absolute atomic E-state index is 0.0167. The standard InChI is InChI=1S/C38H49N3O6/c42-27-28-16-18-30(19-17-28)35-24-34(26-41-20-6-2-1-3-7-21-41)46-38(47-35)33-13-9-12-32(23-33)31-11-8-10-29(22-31)25-39-36(43)14-4-5-15-37(44)40-45/h8-13,16-19,22-23,34-35,38,42,45H,1-7,14-15,20-21,24-27H2,(H,39,43)(H,40,44)/t34-,35+,38+/m0/s1. The van der Waals surface area contributed by atoms with Crippen molar-refractivity contribution >= 4 is 11.8 Å². The number of carbonyl (C=O) groups is 2. The Hall–Kier alpha value is -3.60. The lowest BCUT2D eigenvalue weighted by Crippen LogP contribution is -2.40. The van der Waals surface area contributed by atoms with Crippen molar-refractivity contribution in [2.24, 2.45) is 0 Å². The maximum absolute atomic E-state index is 12.3. The fraction of sp³-hybridized carbons (Fsp3) is 0.474. The van der Waals surface area contributed by atoms with Gasteiger partial charge in [-0.1, -0.05) is 79.9 Å². The highest BCUT2D eigenvalue weighted by Gasteiger charge is 2.33. The molecule has 0 bridgehead atoms. The first-order valence-corrected chi connectivity index (χ1v) is 17.1. The molecule has 2 heterocycles. The number of aliphatic hydroxyl groups is 1. The molecule has 0 aliphatic carbocycles. The van der Waals surface area contributed by atoms with Crippen molar-refractivity contribution < 1.29 is 29.4 Å². The van der Waals surface area contributed by atoms with Crippen molar-refractivity contribution in [2.75, 3.05) is 19.6 Å². The number of rotatable bonds is 13. The van der Waals surface area contributed by atoms with Gasteiger partial charge in [0, 0.05) is 37.9 Å². The first kappa shape index (κ1) is 34.7. The predicted octanol–water partition coefficient (Wildman–Crippen LogP) is 6.34. The molecular weight excluding hydrogens is 594 g/mol. The highest BCUT2D eigenvalue weighted by Crippen LogP contribution is 2.39. The Morgan fingerprint density at radius 2 is 1.45 bits per heavy atom. The predicted molar refractivity (Wildman–Crippen MR) is 180 cm³/mol. The number of hydrogen-bond donors (Lipinski definition) is 4. The van der Waals surface area contributed by atoms with Crippen LogP contribution >= 0.6 is 0 Å². The first-order chi connectivity index (χ1) is 23.0. The SMILES string of the molecule is O=C(CCCCC(=O)NCc1cccc(-c2cccc([C@@H]3O[C@H](CN4CCCCCCC4)C[C@H](c4ccc(CO)cc4)O3)c2)c1)NO. The van der Waals surface area contributed by atoms with E-state index in [4.69, 9.17) is 14.7 Å². The molecule has 2 saturated heterocycles. The van der Waals surface area contributed by atoms with Crippen molar-refractivity contribution in [1.82, 2.24) is 15.7 Å². The molecule has 252 valence electrons. The topological polar surface area (TPSA) is 120 Å². The smallest absolute Gasteiger partial charge is 0.243 e. The van der Waals surface area contributed by atoms with Gasteiger partial charge in [0.25, 0.3) is 0 Å². The van der Waals surface area contributed by atoms with E-state index in [1.165, 1.54) is 32.1 Å². The van der Waals surface area contributed by atoms with Gasteiger partial charge in [0.2, 0.25) is 11.8 Å². The average molecular weight is 644 g/mol. The van der Waals surface area contributed by atoms with Crippen LogP contribution in [0.5, 0.6) is 0 Å². The number of hydrogen-bond acceptors (Lipinski definition) is 7. The largest absolute Gasteiger partial charge is 0.392 e. The summed E-state index contributed by atoms with van der Waals surface area (Å²) >= 11 is 0. The summed E-state index contributed by atoms with van der Waals surface area (Å²) in [6, 6.07) is 24.5. The van der Waals surface area contributed by atoms with E-state index in [9.17, 15) is 14.7 Å². The van der Waals surface area contributed by atoms with E-state index in [0.29, 0.717) is 25.8 Å². The summed E-state index contributed by atoms with van der Waals surface area (Å²) in [4.78, 5) is 26.1. The van der Waals surface area contributed by atoms with Crippen LogP contribution < -0.4 is 10.8 Å². The molecule has 2 aliphatic heterocycles. The maximum Gasteiger partial charge on any atom is 0.243 e. The Bertz CT molecular complexity index is 1420. The minimum atomic E-state index is -0.517. The molecule has 0 saturated carbocycles. The minimum Gasteiger partial charge on any atom is -0.392 e. The van der Waals surface area contributed by atoms with E-state index in [0.717, 1.165) is 59.4 Å². The summed E-state index contributed by atoms with van der Waals surface area (Å²) in [7, 11) is 0. The Kier molecular flexibility index (Phi) is 13.4. The molecule has 0 aromatic heterocycles. The van der Waals surface area contributed by atoms with Crippen molar-refractivity contribution in [2.45, 2.75) is 95.9 Å². The van der Waals surface area contributed by atoms with Gasteiger partial charge < -0.3 is 24.8 Å². The molecule has 0 radical (unpaired) electrons. The van der Waals surface area contributed by atoms with Gasteiger partial charge in [0.1, 0.15) is 0 Å². The van der Waals surface area contributed by atoms with E-state index in [2.05, 4.69) is 52.7 Å². The lowest BCUT2D eigenvalue weighted by Gasteiger charge is -2.39. The zero-order valence-electron chi connectivity index (χ0n) is 27.2. The number of benzene rings is 3. The second-order valence-corrected chi connectivity index (χ2v) is 12.8. The van der Waals surface area contributed by atoms with E-state index >= 15 is 0 Å². The normalized spacial score (nSPS) is 20.6. The molecule has 0 spiro atoms. The molecule has 2 fully saturated rings. The van der Waals surface area contributed by atoms with E-state index < -0.39 is 12.2 Å². The number of unbranched alkanes of at least 4 members (excludes halogenated alkanes) is 1. The number of ether oxygens (including phenoxy) is 2. The van der Waals surface area contributed by atoms with Crippen LogP contribution in [0.3, 0.4) is 0 Å². The fourth-order valence-electron chi connectivity index (χ4n) is 6.46. The third-order valence-electron chi connectivity index (χ3n) is 9.12. The van der Waals surface area contributed by atoms with Crippen LogP contribution in [0.4, 0.5) is 0 Å². The highest BCUT2D eigenvalue weighted by atomic mass is 16.7. The van der Waals surface area contributed by atoms with Crippen LogP contribution in [0.1, 0.15) is 98.9 Å². The highest BCUT2D eigenvalue weighted by molar-refractivity contribution is 5.76. The zero-order valence-corrected chi connectivity index (χ0v) is 27.2. The number of aliphatic hydroxyl groups excluding tert-OH is 1. The maximum atomic E-state index is 12.3. The molecule has 9 heteroatoms. The van der Waals surface area contributed by atoms with Crippen molar-refractivity contribution in [3.8, 4) is 11.1 Å². The lowest BCUT2D eigenvalue weighted by atomic mass is 9.98. The summed E-state index contributed by atoms with van der Waals surface area (Å²) < 4.78 is 13.3. The van der Waals surface area contributed by atoms with Crippen molar-refractivity contribution in [3.05, 3.63) is 95.1 Å². The van der Waals surface area contributed by atoms with Crippen LogP contribution in [-0.4, -0.2) is 52.8 Å². The molecule has 3 atom stereocenters. The van der Waals surface area contributed by atoms with Gasteiger partial charge >= 0.3 is 0 Å². The van der Waals surface area contributed by atoms with Crippen molar-refractivity contribution in [1.29, 1.82) is 0 Å². The molecule has 3 aromatic rings. The number of likely N-dealkylation sites (tertiary alicyclic amines) is 1. The molecule has 0 unspecified atom stereocenters. The summed E-state index contributed by atoms with van der Waals surface area (Å²) in [6.45, 7) is 3.53. The first-order valence-electron chi connectivity index (χ1n) is 17.1. The Balaban J connectivity index is 1.26. The lowest BCUT2D eigenvalue weighted by molar-refractivity contribution is -0.253. The van der Waals surface area contributed by atoms with E-state index in [1.807, 2.05) is 30.3 Å². The quantitative estimate of drug-likeness (QED) is 0.0975. The van der Waals surface area contributed by atoms with Gasteiger partial charge in [-0.3, -0.25) is 14.8 Å². The second kappa shape index (κ2) is 18.1. The molecule has 5 rings (SSSR count). The zero-order chi connectivity index (χ0) is 32.8. The fourth-order valence-corrected chi connectivity index (χ4v) is 6.46. The van der Waals surface area contributed by atoms with Gasteiger partial charge in [0.05, 0.1) is 18.8 Å². The number of nitrogens with one attached hydrogen (secondary N) is 2. The molecule has 4 N–H and O–H groups in total. The molecule has 9 nitrogen and oxygen atoms in total. The molecular formula is C38H49N3O6. The van der Waals surface area contributed by atoms with Crippen LogP contribution in [0.15, 0.2) is 72.8 Å². The summed E-state index contributed by atoms with van der Waals surface area (Å²) in [5, 5.41) is 21.1. The Morgan fingerprint density at radius 1 is 0.766 bits per heavy atom. The summed E-state index contributed by atoms with van der Waals surface area (Å²) in [6.07, 6.45) is 8.17.